The Morgan fingerprint density at radius 1 is 1.22 bits per heavy atom. The Hall–Kier alpha value is -2.05. The van der Waals surface area contributed by atoms with Crippen molar-refractivity contribution in [3.8, 4) is 0 Å². The number of esters is 1. The van der Waals surface area contributed by atoms with Crippen LogP contribution in [0.5, 0.6) is 0 Å². The van der Waals surface area contributed by atoms with Gasteiger partial charge in [0, 0.05) is 4.90 Å². The van der Waals surface area contributed by atoms with Gasteiger partial charge in [-0.25, -0.2) is 9.18 Å². The van der Waals surface area contributed by atoms with Gasteiger partial charge in [-0.2, -0.15) is 0 Å². The number of carbonyl (C=O) groups is 2. The Morgan fingerprint density at radius 2 is 1.96 bits per heavy atom. The van der Waals surface area contributed by atoms with Gasteiger partial charge in [-0.1, -0.05) is 29.8 Å². The normalized spacial score (nSPS) is 10.2. The van der Waals surface area contributed by atoms with E-state index in [1.807, 2.05) is 18.4 Å². The summed E-state index contributed by atoms with van der Waals surface area (Å²) in [7, 11) is 0. The second-order valence-electron chi connectivity index (χ2n) is 4.42. The van der Waals surface area contributed by atoms with Crippen LogP contribution < -0.4 is 5.32 Å². The van der Waals surface area contributed by atoms with Crippen molar-refractivity contribution < 1.29 is 18.7 Å². The van der Waals surface area contributed by atoms with E-state index >= 15 is 0 Å². The molecule has 4 nitrogen and oxygen atoms in total. The number of rotatable bonds is 5. The van der Waals surface area contributed by atoms with E-state index in [4.69, 9.17) is 16.3 Å². The zero-order chi connectivity index (χ0) is 16.8. The minimum atomic E-state index is -0.985. The van der Waals surface area contributed by atoms with E-state index in [9.17, 15) is 14.0 Å². The molecule has 1 N–H and O–H groups in total. The molecule has 0 saturated carbocycles. The van der Waals surface area contributed by atoms with Crippen molar-refractivity contribution in [2.24, 2.45) is 0 Å². The lowest BCUT2D eigenvalue weighted by Gasteiger charge is -2.10. The summed E-state index contributed by atoms with van der Waals surface area (Å²) >= 11 is 7.24. The Morgan fingerprint density at radius 3 is 2.65 bits per heavy atom. The number of hydrogen-bond donors (Lipinski definition) is 1. The maximum absolute atomic E-state index is 13.6. The maximum Gasteiger partial charge on any atom is 0.343 e. The Bertz CT molecular complexity index is 719. The van der Waals surface area contributed by atoms with Crippen molar-refractivity contribution in [3.05, 3.63) is 58.9 Å². The number of benzene rings is 2. The van der Waals surface area contributed by atoms with Gasteiger partial charge in [-0.05, 0) is 30.5 Å². The first-order valence-corrected chi connectivity index (χ1v) is 8.17. The van der Waals surface area contributed by atoms with Gasteiger partial charge in [0.05, 0.1) is 10.7 Å². The van der Waals surface area contributed by atoms with Crippen molar-refractivity contribution in [2.75, 3.05) is 18.2 Å². The fourth-order valence-corrected chi connectivity index (χ4v) is 2.62. The number of ether oxygens (including phenoxy) is 1. The van der Waals surface area contributed by atoms with Crippen molar-refractivity contribution in [3.63, 3.8) is 0 Å². The molecule has 7 heteroatoms. The van der Waals surface area contributed by atoms with E-state index in [0.717, 1.165) is 11.0 Å². The fourth-order valence-electron chi connectivity index (χ4n) is 1.83. The molecule has 2 aromatic carbocycles. The van der Waals surface area contributed by atoms with E-state index < -0.39 is 24.3 Å². The zero-order valence-corrected chi connectivity index (χ0v) is 13.7. The number of carbonyl (C=O) groups excluding carboxylic acids is 2. The highest BCUT2D eigenvalue weighted by Crippen LogP contribution is 2.24. The summed E-state index contributed by atoms with van der Waals surface area (Å²) in [6.07, 6.45) is 1.88. The van der Waals surface area contributed by atoms with Gasteiger partial charge in [0.1, 0.15) is 11.4 Å². The Balaban J connectivity index is 1.98. The molecule has 0 aromatic heterocycles. The molecule has 0 aliphatic carbocycles. The molecule has 0 aliphatic heterocycles. The smallest absolute Gasteiger partial charge is 0.343 e. The highest BCUT2D eigenvalue weighted by atomic mass is 35.5. The first kappa shape index (κ1) is 17.3. The second kappa shape index (κ2) is 7.99. The van der Waals surface area contributed by atoms with Crippen LogP contribution >= 0.6 is 23.4 Å². The van der Waals surface area contributed by atoms with Crippen molar-refractivity contribution in [1.82, 2.24) is 0 Å². The summed E-state index contributed by atoms with van der Waals surface area (Å²) in [4.78, 5) is 24.6. The summed E-state index contributed by atoms with van der Waals surface area (Å²) < 4.78 is 18.4. The third-order valence-corrected chi connectivity index (χ3v) is 3.99. The molecular formula is C16H13ClFNO3S. The van der Waals surface area contributed by atoms with Crippen LogP contribution in [-0.4, -0.2) is 24.7 Å². The molecule has 120 valence electrons. The third-order valence-electron chi connectivity index (χ3n) is 2.88. The van der Waals surface area contributed by atoms with Crippen LogP contribution in [0.4, 0.5) is 10.1 Å². The van der Waals surface area contributed by atoms with Crippen LogP contribution in [0.3, 0.4) is 0 Å². The topological polar surface area (TPSA) is 55.4 Å². The summed E-state index contributed by atoms with van der Waals surface area (Å²) in [6.45, 7) is -0.536. The summed E-state index contributed by atoms with van der Waals surface area (Å²) in [5.41, 5.74) is 0.233. The summed E-state index contributed by atoms with van der Waals surface area (Å²) in [5.74, 6) is -2.30. The standard InChI is InChI=1S/C16H13ClFNO3S/c1-23-13-8-3-2-7-12(13)19-14(20)9-22-16(21)15-10(17)5-4-6-11(15)18/h2-8H,9H2,1H3,(H,19,20). The lowest BCUT2D eigenvalue weighted by molar-refractivity contribution is -0.119. The van der Waals surface area contributed by atoms with Crippen molar-refractivity contribution in [2.45, 2.75) is 4.90 Å². The highest BCUT2D eigenvalue weighted by Gasteiger charge is 2.18. The monoisotopic (exact) mass is 353 g/mol. The van der Waals surface area contributed by atoms with Gasteiger partial charge >= 0.3 is 5.97 Å². The third kappa shape index (κ3) is 4.46. The van der Waals surface area contributed by atoms with E-state index in [2.05, 4.69) is 5.32 Å². The van der Waals surface area contributed by atoms with E-state index in [0.29, 0.717) is 5.69 Å². The molecule has 0 saturated heterocycles. The first-order chi connectivity index (χ1) is 11.0. The van der Waals surface area contributed by atoms with Crippen molar-refractivity contribution >= 4 is 40.9 Å². The number of amides is 1. The molecule has 0 atom stereocenters. The van der Waals surface area contributed by atoms with Crippen molar-refractivity contribution in [1.29, 1.82) is 0 Å². The van der Waals surface area contributed by atoms with E-state index in [-0.39, 0.29) is 10.6 Å². The molecule has 1 amide bonds. The number of halogens is 2. The molecule has 0 aliphatic rings. The Kier molecular flexibility index (Phi) is 6.01. The van der Waals surface area contributed by atoms with Gasteiger partial charge in [-0.15, -0.1) is 11.8 Å². The quantitative estimate of drug-likeness (QED) is 0.652. The lowest BCUT2D eigenvalue weighted by Crippen LogP contribution is -2.21. The number of para-hydroxylation sites is 1. The van der Waals surface area contributed by atoms with Gasteiger partial charge in [0.15, 0.2) is 6.61 Å². The fraction of sp³-hybridized carbons (Fsp3) is 0.125. The first-order valence-electron chi connectivity index (χ1n) is 6.57. The molecule has 0 unspecified atom stereocenters. The van der Waals surface area contributed by atoms with Crippen LogP contribution in [0.2, 0.25) is 5.02 Å². The number of thioether (sulfide) groups is 1. The van der Waals surface area contributed by atoms with Gasteiger partial charge in [0.2, 0.25) is 0 Å². The summed E-state index contributed by atoms with van der Waals surface area (Å²) in [6, 6.07) is 11.1. The molecular weight excluding hydrogens is 341 g/mol. The van der Waals surface area contributed by atoms with E-state index in [1.54, 1.807) is 12.1 Å². The maximum atomic E-state index is 13.6. The highest BCUT2D eigenvalue weighted by molar-refractivity contribution is 7.98. The van der Waals surface area contributed by atoms with Crippen LogP contribution in [0.1, 0.15) is 10.4 Å². The molecule has 2 aromatic rings. The number of nitrogens with one attached hydrogen (secondary N) is 1. The van der Waals surface area contributed by atoms with Crippen LogP contribution in [0.25, 0.3) is 0 Å². The molecule has 23 heavy (non-hydrogen) atoms. The SMILES string of the molecule is CSc1ccccc1NC(=O)COC(=O)c1c(F)cccc1Cl. The molecule has 0 radical (unpaired) electrons. The van der Waals surface area contributed by atoms with Crippen LogP contribution in [0.15, 0.2) is 47.4 Å². The molecule has 0 bridgehead atoms. The van der Waals surface area contributed by atoms with Gasteiger partial charge in [0.25, 0.3) is 5.91 Å². The molecule has 0 spiro atoms. The summed E-state index contributed by atoms with van der Waals surface area (Å²) in [5, 5.41) is 2.57. The van der Waals surface area contributed by atoms with Crippen LogP contribution in [0, 0.1) is 5.82 Å². The molecule has 0 fully saturated rings. The van der Waals surface area contributed by atoms with Gasteiger partial charge in [-0.3, -0.25) is 4.79 Å². The number of hydrogen-bond acceptors (Lipinski definition) is 4. The van der Waals surface area contributed by atoms with E-state index in [1.165, 1.54) is 23.9 Å². The zero-order valence-electron chi connectivity index (χ0n) is 12.1. The van der Waals surface area contributed by atoms with Gasteiger partial charge < -0.3 is 10.1 Å². The molecule has 2 rings (SSSR count). The second-order valence-corrected chi connectivity index (χ2v) is 5.68. The lowest BCUT2D eigenvalue weighted by atomic mass is 10.2. The van der Waals surface area contributed by atoms with Crippen LogP contribution in [-0.2, 0) is 9.53 Å². The minimum absolute atomic E-state index is 0.0665. The largest absolute Gasteiger partial charge is 0.452 e. The Labute approximate surface area is 142 Å². The average Bonchev–Trinajstić information content (AvgIpc) is 2.53. The number of anilines is 1. The average molecular weight is 354 g/mol. The predicted octanol–water partition coefficient (Wildman–Crippen LogP) is 4.00. The molecule has 0 heterocycles. The predicted molar refractivity (Wildman–Crippen MR) is 88.5 cm³/mol. The minimum Gasteiger partial charge on any atom is -0.452 e.